The van der Waals surface area contributed by atoms with Gasteiger partial charge in [0.1, 0.15) is 11.5 Å². The van der Waals surface area contributed by atoms with Crippen molar-refractivity contribution in [2.45, 2.75) is 0 Å². The number of nitrogens with zero attached hydrogens (tertiary/aromatic N) is 3. The lowest BCUT2D eigenvalue weighted by molar-refractivity contribution is -0.385. The first kappa shape index (κ1) is 22.2. The van der Waals surface area contributed by atoms with Crippen molar-refractivity contribution in [2.75, 3.05) is 0 Å². The molecule has 0 saturated carbocycles. The molecule has 32 heavy (non-hydrogen) atoms. The van der Waals surface area contributed by atoms with Crippen molar-refractivity contribution in [1.29, 1.82) is 0 Å². The fraction of sp³-hybridized carbons (Fsp3) is 0. The zero-order valence-electron chi connectivity index (χ0n) is 15.8. The summed E-state index contributed by atoms with van der Waals surface area (Å²) in [5.41, 5.74) is -1.04. The van der Waals surface area contributed by atoms with Gasteiger partial charge in [0.2, 0.25) is 5.75 Å². The van der Waals surface area contributed by atoms with Crippen molar-refractivity contribution in [3.63, 3.8) is 0 Å². The molecule has 0 atom stereocenters. The van der Waals surface area contributed by atoms with E-state index < -0.39 is 34.0 Å². The van der Waals surface area contributed by atoms with Gasteiger partial charge >= 0.3 is 13.5 Å². The number of phosphoric ester groups is 1. The van der Waals surface area contributed by atoms with E-state index in [2.05, 4.69) is 0 Å². The molecular weight excluding hydrogens is 449 g/mol. The Hall–Kier alpha value is -4.51. The van der Waals surface area contributed by atoms with Crippen LogP contribution in [0.2, 0.25) is 0 Å². The van der Waals surface area contributed by atoms with Gasteiger partial charge < -0.3 is 13.6 Å². The number of benzene rings is 3. The van der Waals surface area contributed by atoms with E-state index in [1.165, 1.54) is 18.2 Å². The van der Waals surface area contributed by atoms with Gasteiger partial charge in [-0.1, -0.05) is 12.1 Å². The van der Waals surface area contributed by atoms with Crippen LogP contribution in [0.3, 0.4) is 0 Å². The number of para-hydroxylation sites is 2. The molecule has 0 N–H and O–H groups in total. The molecule has 0 aromatic heterocycles. The zero-order chi connectivity index (χ0) is 23.3. The summed E-state index contributed by atoms with van der Waals surface area (Å²) in [6.07, 6.45) is 0. The Labute approximate surface area is 178 Å². The van der Waals surface area contributed by atoms with Gasteiger partial charge in [-0.05, 0) is 30.3 Å². The summed E-state index contributed by atoms with van der Waals surface area (Å²) in [6.45, 7) is 0. The number of nitro benzene ring substituents is 3. The minimum absolute atomic E-state index is 0.153. The smallest absolute Gasteiger partial charge is 0.386 e. The Morgan fingerprint density at radius 3 is 1.44 bits per heavy atom. The maximum atomic E-state index is 13.4. The van der Waals surface area contributed by atoms with Crippen LogP contribution in [0, 0.1) is 30.3 Å². The first-order chi connectivity index (χ1) is 15.2. The van der Waals surface area contributed by atoms with E-state index in [-0.39, 0.29) is 22.9 Å². The summed E-state index contributed by atoms with van der Waals surface area (Å²) in [6, 6.07) is 13.9. The van der Waals surface area contributed by atoms with Crippen LogP contribution in [0.25, 0.3) is 0 Å². The van der Waals surface area contributed by atoms with E-state index in [1.54, 1.807) is 0 Å². The molecule has 3 aromatic rings. The highest BCUT2D eigenvalue weighted by Crippen LogP contribution is 2.51. The van der Waals surface area contributed by atoms with Crippen LogP contribution in [0.4, 0.5) is 17.1 Å². The van der Waals surface area contributed by atoms with Gasteiger partial charge in [-0.2, -0.15) is 4.57 Å². The molecule has 0 aliphatic heterocycles. The molecule has 0 saturated heterocycles. The highest BCUT2D eigenvalue weighted by atomic mass is 31.2. The molecule has 0 radical (unpaired) electrons. The largest absolute Gasteiger partial charge is 0.647 e. The fourth-order valence-electron chi connectivity index (χ4n) is 2.38. The number of hydrogen-bond acceptors (Lipinski definition) is 10. The molecule has 0 amide bonds. The first-order valence-corrected chi connectivity index (χ1v) is 10.0. The van der Waals surface area contributed by atoms with Crippen LogP contribution >= 0.6 is 7.82 Å². The number of hydrogen-bond donors (Lipinski definition) is 0. The highest BCUT2D eigenvalue weighted by Gasteiger charge is 2.36. The van der Waals surface area contributed by atoms with Crippen molar-refractivity contribution < 1.29 is 32.9 Å². The normalized spacial score (nSPS) is 10.8. The van der Waals surface area contributed by atoms with Crippen molar-refractivity contribution in [3.05, 3.63) is 103 Å². The van der Waals surface area contributed by atoms with Crippen molar-refractivity contribution in [2.24, 2.45) is 0 Å². The average Bonchev–Trinajstić information content (AvgIpc) is 2.74. The van der Waals surface area contributed by atoms with E-state index in [0.29, 0.717) is 0 Å². The van der Waals surface area contributed by atoms with Gasteiger partial charge in [0.05, 0.1) is 14.8 Å². The minimum atomic E-state index is -4.67. The van der Waals surface area contributed by atoms with Gasteiger partial charge in [-0.25, -0.2) is 0 Å². The van der Waals surface area contributed by atoms with Gasteiger partial charge in [0, 0.05) is 30.3 Å². The van der Waals surface area contributed by atoms with Gasteiger partial charge in [0.15, 0.2) is 0 Å². The predicted octanol–water partition coefficient (Wildman–Crippen LogP) is 5.06. The Morgan fingerprint density at radius 2 is 1.03 bits per heavy atom. The van der Waals surface area contributed by atoms with E-state index >= 15 is 0 Å². The van der Waals surface area contributed by atoms with Crippen LogP contribution in [-0.2, 0) is 4.57 Å². The topological polar surface area (TPSA) is 174 Å². The molecule has 3 aromatic carbocycles. The van der Waals surface area contributed by atoms with E-state index in [0.717, 1.165) is 54.6 Å². The number of nitro groups is 3. The second-order valence-electron chi connectivity index (χ2n) is 5.95. The number of phosphoric acid groups is 1. The summed E-state index contributed by atoms with van der Waals surface area (Å²) in [4.78, 5) is 30.8. The van der Waals surface area contributed by atoms with E-state index in [4.69, 9.17) is 13.6 Å². The molecule has 0 bridgehead atoms. The summed E-state index contributed by atoms with van der Waals surface area (Å²) in [7, 11) is -4.67. The monoisotopic (exact) mass is 461 g/mol. The standard InChI is InChI=1S/C18H12N3O10P/c22-19(23)13-5-9-15(10-6-13)29-32(28,30-16-11-7-14(8-12-16)20(24)25)31-18-4-2-1-3-17(18)21(26)27/h1-12H. The SMILES string of the molecule is O=[N+]([O-])c1ccc(OP(=O)(Oc2ccc([N+](=O)[O-])cc2)Oc2ccccc2[N+](=O)[O-])cc1. The molecule has 3 rings (SSSR count). The quantitative estimate of drug-likeness (QED) is 0.238. The lowest BCUT2D eigenvalue weighted by Crippen LogP contribution is -2.08. The minimum Gasteiger partial charge on any atom is -0.386 e. The average molecular weight is 461 g/mol. The fourth-order valence-corrected chi connectivity index (χ4v) is 3.64. The summed E-state index contributed by atoms with van der Waals surface area (Å²) < 4.78 is 29.2. The van der Waals surface area contributed by atoms with E-state index in [9.17, 15) is 34.9 Å². The molecule has 0 unspecified atom stereocenters. The van der Waals surface area contributed by atoms with Crippen LogP contribution in [-0.4, -0.2) is 14.8 Å². The summed E-state index contributed by atoms with van der Waals surface area (Å²) >= 11 is 0. The third-order valence-corrected chi connectivity index (χ3v) is 5.09. The lowest BCUT2D eigenvalue weighted by Gasteiger charge is -2.19. The van der Waals surface area contributed by atoms with Crippen molar-refractivity contribution >= 4 is 24.9 Å². The molecule has 0 fully saturated rings. The molecule has 0 heterocycles. The molecule has 0 aliphatic rings. The first-order valence-electron chi connectivity index (χ1n) is 8.58. The Balaban J connectivity index is 1.95. The van der Waals surface area contributed by atoms with Crippen LogP contribution in [0.15, 0.2) is 72.8 Å². The number of rotatable bonds is 9. The van der Waals surface area contributed by atoms with E-state index in [1.807, 2.05) is 0 Å². The zero-order valence-corrected chi connectivity index (χ0v) is 16.7. The van der Waals surface area contributed by atoms with Gasteiger partial charge in [-0.3, -0.25) is 30.3 Å². The second kappa shape index (κ2) is 9.10. The molecule has 13 nitrogen and oxygen atoms in total. The van der Waals surface area contributed by atoms with Crippen molar-refractivity contribution in [3.8, 4) is 17.2 Å². The van der Waals surface area contributed by atoms with Gasteiger partial charge in [-0.15, -0.1) is 0 Å². The third-order valence-electron chi connectivity index (χ3n) is 3.80. The third kappa shape index (κ3) is 5.34. The number of non-ortho nitro benzene ring substituents is 2. The maximum absolute atomic E-state index is 13.4. The second-order valence-corrected chi connectivity index (χ2v) is 7.39. The van der Waals surface area contributed by atoms with Crippen LogP contribution in [0.1, 0.15) is 0 Å². The Bertz CT molecular complexity index is 1150. The molecular formula is C18H12N3O10P. The maximum Gasteiger partial charge on any atom is 0.647 e. The highest BCUT2D eigenvalue weighted by molar-refractivity contribution is 7.49. The molecule has 164 valence electrons. The molecule has 0 spiro atoms. The molecule has 0 aliphatic carbocycles. The van der Waals surface area contributed by atoms with Crippen LogP contribution < -0.4 is 13.6 Å². The Morgan fingerprint density at radius 1 is 0.594 bits per heavy atom. The van der Waals surface area contributed by atoms with Crippen molar-refractivity contribution in [1.82, 2.24) is 0 Å². The summed E-state index contributed by atoms with van der Waals surface area (Å²) in [5.74, 6) is -0.733. The van der Waals surface area contributed by atoms with Gasteiger partial charge in [0.25, 0.3) is 11.4 Å². The Kier molecular flexibility index (Phi) is 6.31. The lowest BCUT2D eigenvalue weighted by atomic mass is 10.3. The predicted molar refractivity (Wildman–Crippen MR) is 109 cm³/mol. The summed E-state index contributed by atoms with van der Waals surface area (Å²) in [5, 5.41) is 32.9. The van der Waals surface area contributed by atoms with Crippen LogP contribution in [0.5, 0.6) is 17.2 Å². The molecule has 14 heteroatoms.